The van der Waals surface area contributed by atoms with Crippen molar-refractivity contribution in [3.8, 4) is 5.75 Å². The first kappa shape index (κ1) is 28.5. The van der Waals surface area contributed by atoms with E-state index in [0.717, 1.165) is 18.3 Å². The number of nitrogens with one attached hydrogen (secondary N) is 3. The number of anilines is 4. The first-order chi connectivity index (χ1) is 20.1. The van der Waals surface area contributed by atoms with Crippen LogP contribution in [-0.2, 0) is 17.3 Å². The lowest BCUT2D eigenvalue weighted by atomic mass is 10.0. The number of benzene rings is 2. The van der Waals surface area contributed by atoms with Gasteiger partial charge in [0, 0.05) is 18.8 Å². The lowest BCUT2D eigenvalue weighted by Crippen LogP contribution is -2.38. The number of carbonyl (C=O) groups is 1. The van der Waals surface area contributed by atoms with Crippen LogP contribution in [0.2, 0.25) is 0 Å². The molecule has 42 heavy (non-hydrogen) atoms. The number of ether oxygens (including phenoxy) is 1. The molecule has 4 aromatic rings. The molecule has 1 aliphatic heterocycles. The van der Waals surface area contributed by atoms with Crippen LogP contribution in [0.3, 0.4) is 0 Å². The topological polar surface area (TPSA) is 125 Å². The zero-order chi connectivity index (χ0) is 29.7. The number of nitrogens with zero attached hydrogens (tertiary/aromatic N) is 4. The highest BCUT2D eigenvalue weighted by Crippen LogP contribution is 2.33. The smallest absolute Gasteiger partial charge is 0.416 e. The average molecular weight is 584 g/mol. The number of hydrogen-bond acceptors (Lipinski definition) is 9. The second kappa shape index (κ2) is 12.3. The lowest BCUT2D eigenvalue weighted by molar-refractivity contribution is -0.137. The number of phenolic OH excluding ortho intramolecular Hbond substituents is 1. The Hall–Kier alpha value is -4.98. The Morgan fingerprint density at radius 1 is 0.976 bits per heavy atom. The zero-order valence-electron chi connectivity index (χ0n) is 22.0. The van der Waals surface area contributed by atoms with E-state index < -0.39 is 23.5 Å². The van der Waals surface area contributed by atoms with Gasteiger partial charge in [0.05, 0.1) is 36.9 Å². The largest absolute Gasteiger partial charge is 0.508 e. The van der Waals surface area contributed by atoms with E-state index in [-0.39, 0.29) is 35.3 Å². The maximum absolute atomic E-state index is 14.2. The van der Waals surface area contributed by atoms with Crippen molar-refractivity contribution in [2.24, 2.45) is 0 Å². The van der Waals surface area contributed by atoms with Crippen LogP contribution in [0, 0.1) is 5.82 Å². The van der Waals surface area contributed by atoms with Crippen molar-refractivity contribution in [1.82, 2.24) is 20.4 Å². The van der Waals surface area contributed by atoms with E-state index >= 15 is 0 Å². The van der Waals surface area contributed by atoms with E-state index in [4.69, 9.17) is 4.74 Å². The third-order valence-corrected chi connectivity index (χ3v) is 6.25. The number of rotatable bonds is 8. The number of carbonyl (C=O) groups excluding carboxylic acids is 1. The molecule has 218 valence electrons. The molecule has 0 saturated carbocycles. The number of phenols is 1. The molecule has 14 heteroatoms. The maximum atomic E-state index is 14.2. The summed E-state index contributed by atoms with van der Waals surface area (Å²) in [5.74, 6) is -1.18. The summed E-state index contributed by atoms with van der Waals surface area (Å²) in [6.07, 6.45) is -2.11. The van der Waals surface area contributed by atoms with Crippen molar-refractivity contribution in [1.29, 1.82) is 0 Å². The Kier molecular flexibility index (Phi) is 8.33. The number of alkyl halides is 3. The molecule has 2 aromatic heterocycles. The van der Waals surface area contributed by atoms with E-state index in [2.05, 4.69) is 31.1 Å². The minimum Gasteiger partial charge on any atom is -0.508 e. The molecular formula is C28H25F4N7O3. The predicted octanol–water partition coefficient (Wildman–Crippen LogP) is 4.66. The molecule has 10 nitrogen and oxygen atoms in total. The first-order valence-electron chi connectivity index (χ1n) is 12.8. The van der Waals surface area contributed by atoms with Crippen LogP contribution in [0.5, 0.6) is 5.75 Å². The highest BCUT2D eigenvalue weighted by atomic mass is 19.4. The quantitative estimate of drug-likeness (QED) is 0.173. The van der Waals surface area contributed by atoms with Crippen molar-refractivity contribution < 1.29 is 32.2 Å². The number of aromatic hydroxyl groups is 1. The third kappa shape index (κ3) is 7.20. The van der Waals surface area contributed by atoms with Gasteiger partial charge in [-0.15, -0.1) is 0 Å². The van der Waals surface area contributed by atoms with Crippen molar-refractivity contribution in [3.63, 3.8) is 0 Å². The monoisotopic (exact) mass is 583 g/mol. The number of aromatic nitrogens is 3. The van der Waals surface area contributed by atoms with Crippen LogP contribution < -0.4 is 21.1 Å². The van der Waals surface area contributed by atoms with Gasteiger partial charge in [0.1, 0.15) is 11.4 Å². The van der Waals surface area contributed by atoms with Crippen LogP contribution in [0.4, 0.5) is 40.7 Å². The fourth-order valence-corrected chi connectivity index (χ4v) is 4.29. The average Bonchev–Trinajstić information content (AvgIpc) is 2.97. The van der Waals surface area contributed by atoms with Crippen LogP contribution in [0.25, 0.3) is 0 Å². The number of amides is 1. The van der Waals surface area contributed by atoms with Gasteiger partial charge in [-0.2, -0.15) is 18.2 Å². The van der Waals surface area contributed by atoms with E-state index in [1.807, 2.05) is 0 Å². The summed E-state index contributed by atoms with van der Waals surface area (Å²) in [6, 6.07) is 12.8. The maximum Gasteiger partial charge on any atom is 0.416 e. The molecule has 1 fully saturated rings. The van der Waals surface area contributed by atoms with Gasteiger partial charge in [-0.1, -0.05) is 12.1 Å². The first-order valence-corrected chi connectivity index (χ1v) is 12.8. The van der Waals surface area contributed by atoms with Gasteiger partial charge >= 0.3 is 6.18 Å². The summed E-state index contributed by atoms with van der Waals surface area (Å²) in [5.41, 5.74) is 5.63. The Bertz CT molecular complexity index is 1560. The molecule has 2 aromatic carbocycles. The lowest BCUT2D eigenvalue weighted by Gasteiger charge is -2.28. The number of pyridine rings is 1. The van der Waals surface area contributed by atoms with Crippen molar-refractivity contribution >= 4 is 29.0 Å². The number of halogens is 4. The second-order valence-corrected chi connectivity index (χ2v) is 9.36. The van der Waals surface area contributed by atoms with Crippen molar-refractivity contribution in [2.75, 3.05) is 41.9 Å². The molecule has 1 amide bonds. The van der Waals surface area contributed by atoms with Gasteiger partial charge in [0.15, 0.2) is 11.6 Å². The number of hydrazine groups is 1. The van der Waals surface area contributed by atoms with E-state index in [1.165, 1.54) is 30.5 Å². The molecule has 0 aliphatic carbocycles. The standard InChI is InChI=1S/C28H25F4N7O3/c29-23-16-34-27(36-25(23)39-6-8-42-9-7-39)38-37-26(41)24-5-4-20(15-33-24)35-21-12-18(11-19(14-21)28(30,31)32)10-17-2-1-3-22(40)13-17/h1-5,11-16,35,40H,6-10H2,(H,37,41)(H,34,36,38). The summed E-state index contributed by atoms with van der Waals surface area (Å²) >= 11 is 0. The molecule has 0 radical (unpaired) electrons. The molecule has 5 rings (SSSR count). The van der Waals surface area contributed by atoms with E-state index in [1.54, 1.807) is 23.1 Å². The van der Waals surface area contributed by atoms with Crippen LogP contribution >= 0.6 is 0 Å². The van der Waals surface area contributed by atoms with Crippen molar-refractivity contribution in [2.45, 2.75) is 12.6 Å². The molecule has 3 heterocycles. The van der Waals surface area contributed by atoms with Crippen molar-refractivity contribution in [3.05, 3.63) is 95.2 Å². The third-order valence-electron chi connectivity index (χ3n) is 6.25. The molecule has 4 N–H and O–H groups in total. The van der Waals surface area contributed by atoms with Gasteiger partial charge in [0.2, 0.25) is 5.95 Å². The Morgan fingerprint density at radius 2 is 1.79 bits per heavy atom. The highest BCUT2D eigenvalue weighted by molar-refractivity contribution is 5.93. The zero-order valence-corrected chi connectivity index (χ0v) is 22.0. The second-order valence-electron chi connectivity index (χ2n) is 9.36. The summed E-state index contributed by atoms with van der Waals surface area (Å²) in [5, 5.41) is 12.6. The predicted molar refractivity (Wildman–Crippen MR) is 146 cm³/mol. The highest BCUT2D eigenvalue weighted by Gasteiger charge is 2.31. The number of morpholine rings is 1. The van der Waals surface area contributed by atoms with Crippen LogP contribution in [-0.4, -0.2) is 52.3 Å². The van der Waals surface area contributed by atoms with Crippen LogP contribution in [0.15, 0.2) is 67.0 Å². The Labute approximate surface area is 237 Å². The van der Waals surface area contributed by atoms with Gasteiger partial charge in [0.25, 0.3) is 5.91 Å². The Morgan fingerprint density at radius 3 is 2.50 bits per heavy atom. The molecule has 0 atom stereocenters. The molecule has 1 aliphatic rings. The summed E-state index contributed by atoms with van der Waals surface area (Å²) < 4.78 is 60.3. The SMILES string of the molecule is O=C(NNc1ncc(F)c(N2CCOCC2)n1)c1ccc(Nc2cc(Cc3cccc(O)c3)cc(C(F)(F)F)c2)cn1. The molecule has 0 spiro atoms. The molecule has 1 saturated heterocycles. The Balaban J connectivity index is 1.25. The van der Waals surface area contributed by atoms with Gasteiger partial charge in [-0.05, 0) is 60.0 Å². The van der Waals surface area contributed by atoms with Crippen LogP contribution in [0.1, 0.15) is 27.2 Å². The minimum atomic E-state index is -4.57. The fourth-order valence-electron chi connectivity index (χ4n) is 4.29. The van der Waals surface area contributed by atoms with E-state index in [9.17, 15) is 27.5 Å². The summed E-state index contributed by atoms with van der Waals surface area (Å²) in [7, 11) is 0. The van der Waals surface area contributed by atoms with Gasteiger partial charge in [-0.3, -0.25) is 15.6 Å². The molecule has 0 bridgehead atoms. The van der Waals surface area contributed by atoms with Gasteiger partial charge < -0.3 is 20.1 Å². The normalized spacial score (nSPS) is 13.5. The van der Waals surface area contributed by atoms with E-state index in [0.29, 0.717) is 43.1 Å². The molecular weight excluding hydrogens is 558 g/mol. The minimum absolute atomic E-state index is 0.00261. The fraction of sp³-hybridized carbons (Fsp3) is 0.214. The number of hydrogen-bond donors (Lipinski definition) is 4. The molecule has 0 unspecified atom stereocenters. The van der Waals surface area contributed by atoms with Gasteiger partial charge in [-0.25, -0.2) is 14.4 Å². The summed E-state index contributed by atoms with van der Waals surface area (Å²) in [6.45, 7) is 1.80. The summed E-state index contributed by atoms with van der Waals surface area (Å²) in [4.78, 5) is 26.3.